The van der Waals surface area contributed by atoms with Crippen molar-refractivity contribution in [3.63, 3.8) is 0 Å². The zero-order chi connectivity index (χ0) is 70.9. The smallest absolute Gasteiger partial charge is 0.259 e. The first kappa shape index (κ1) is 65.7. The quantitative estimate of drug-likeness (QED) is 0.0975. The highest BCUT2D eigenvalue weighted by Gasteiger charge is 2.33. The number of fused-ring (bicyclic) bond motifs is 9. The van der Waals surface area contributed by atoms with E-state index in [1.165, 1.54) is 18.2 Å². The molecule has 18 rings (SSSR count). The molecule has 0 spiro atoms. The molecule has 0 radical (unpaired) electrons. The van der Waals surface area contributed by atoms with Crippen LogP contribution < -0.4 is 30.2 Å². The number of hydrogen-bond donors (Lipinski definition) is 3. The summed E-state index contributed by atoms with van der Waals surface area (Å²) < 4.78 is 74.8. The summed E-state index contributed by atoms with van der Waals surface area (Å²) in [6.07, 6.45) is 27.7. The summed E-state index contributed by atoms with van der Waals surface area (Å²) in [4.78, 5) is 61.9. The third kappa shape index (κ3) is 12.9. The molecule has 103 heavy (non-hydrogen) atoms. The number of benzene rings is 5. The lowest BCUT2D eigenvalue weighted by atomic mass is 10.1. The summed E-state index contributed by atoms with van der Waals surface area (Å²) in [5.74, 6) is 1.24. The van der Waals surface area contributed by atoms with Crippen LogP contribution in [-0.2, 0) is 0 Å². The van der Waals surface area contributed by atoms with Gasteiger partial charge < -0.3 is 57.6 Å². The fraction of sp³-hybridized carbons (Fsp3) is 0.282. The SMILES string of the molecule is CC[C@@H]1COc2c(NC(=O)c3cc(-n4cnc(C5CC5)c4)c(C)cc3F)cccc2-c2nncn21.Cc1cc(F)c(C(=O)Nc2cccc3c2OCC(C)n2cccc2-3)cc1-n1cnc(C2CC2)c1.Cc1cc(F)c(C(=O)Nc2nccc3c2OC[C@H](C)n2ccnc2-3)cc1-n1cnc(C2CC2)c1. The molecule has 3 fully saturated rings. The predicted molar refractivity (Wildman–Crippen MR) is 381 cm³/mol. The minimum Gasteiger partial charge on any atom is -0.489 e. The summed E-state index contributed by atoms with van der Waals surface area (Å²) in [7, 11) is 0. The van der Waals surface area contributed by atoms with Gasteiger partial charge in [-0.25, -0.2) is 38.1 Å². The third-order valence-electron chi connectivity index (χ3n) is 19.8. The zero-order valence-corrected chi connectivity index (χ0v) is 57.4. The summed E-state index contributed by atoms with van der Waals surface area (Å²) in [6.45, 7) is 12.9. The number of nitrogens with zero attached hydrogens (tertiary/aromatic N) is 13. The van der Waals surface area contributed by atoms with Crippen LogP contribution in [0.3, 0.4) is 0 Å². The first-order valence-corrected chi connectivity index (χ1v) is 34.7. The molecule has 0 bridgehead atoms. The molecule has 3 aliphatic heterocycles. The second kappa shape index (κ2) is 26.9. The number of nitrogens with one attached hydrogen (secondary N) is 3. The Bertz CT molecular complexity index is 5090. The fourth-order valence-electron chi connectivity index (χ4n) is 13.6. The second-order valence-corrected chi connectivity index (χ2v) is 27.3. The van der Waals surface area contributed by atoms with Crippen molar-refractivity contribution in [2.45, 2.75) is 122 Å². The molecule has 25 heteroatoms. The summed E-state index contributed by atoms with van der Waals surface area (Å²) in [6, 6.07) is 26.0. The van der Waals surface area contributed by atoms with E-state index in [1.807, 2.05) is 118 Å². The average Bonchev–Trinajstić information content (AvgIpc) is 1.74. The Kier molecular flexibility index (Phi) is 17.2. The Morgan fingerprint density at radius 1 is 0.485 bits per heavy atom. The van der Waals surface area contributed by atoms with Crippen molar-refractivity contribution < 1.29 is 41.8 Å². The van der Waals surface area contributed by atoms with Gasteiger partial charge in [-0.15, -0.1) is 10.2 Å². The standard InChI is InChI=1S/C27H25FN4O2.C26H25FN6O2.C25H23FN6O2/c1-16-11-21(28)20(12-25(16)31-13-23(29-15-31)18-8-9-18)27(33)30-22-6-3-5-19-24-7-4-10-32(24)17(2)14-34-26(19)22;1-3-17-12-35-24-18(25-31-29-14-33(17)25)5-4-6-21(24)30-26(34)19-10-23(15(2)9-20(19)27)32-11-22(28-13-32)16-7-8-16;1-14-9-19(26)18(10-21(14)31-11-20(29-13-31)16-3-4-16)25(33)30-23-22-17(5-6-27-23)24-28-7-8-32(24)15(2)12-34-22/h3-7,10-13,15,17-18H,8-9,14H2,1-2H3,(H,30,33);4-6,9-11,13-14,16-17H,3,7-8,12H2,1-2H3,(H,30,34);5-11,13,15-16H,3-4,12H2,1-2H3,(H,27,30,33)/t;17-;15-/m.10/s1. The van der Waals surface area contributed by atoms with Crippen molar-refractivity contribution in [2.24, 2.45) is 0 Å². The Morgan fingerprint density at radius 2 is 0.961 bits per heavy atom. The van der Waals surface area contributed by atoms with Crippen molar-refractivity contribution >= 4 is 34.9 Å². The maximum Gasteiger partial charge on any atom is 0.259 e. The van der Waals surface area contributed by atoms with Crippen molar-refractivity contribution in [1.82, 2.24) is 62.5 Å². The van der Waals surface area contributed by atoms with Gasteiger partial charge in [0.15, 0.2) is 28.9 Å². The normalized spacial score (nSPS) is 16.8. The van der Waals surface area contributed by atoms with Gasteiger partial charge >= 0.3 is 0 Å². The van der Waals surface area contributed by atoms with E-state index in [1.54, 1.807) is 74.1 Å². The van der Waals surface area contributed by atoms with Gasteiger partial charge in [0.2, 0.25) is 0 Å². The molecule has 1 unspecified atom stereocenters. The highest BCUT2D eigenvalue weighted by atomic mass is 19.1. The van der Waals surface area contributed by atoms with E-state index >= 15 is 0 Å². The lowest BCUT2D eigenvalue weighted by Gasteiger charge is -2.16. The van der Waals surface area contributed by atoms with Crippen LogP contribution >= 0.6 is 0 Å². The van der Waals surface area contributed by atoms with Crippen molar-refractivity contribution in [3.8, 4) is 68.3 Å². The van der Waals surface area contributed by atoms with Crippen molar-refractivity contribution in [1.29, 1.82) is 0 Å². The Morgan fingerprint density at radius 3 is 1.49 bits per heavy atom. The minimum atomic E-state index is -0.605. The lowest BCUT2D eigenvalue weighted by molar-refractivity contribution is 0.101. The van der Waals surface area contributed by atoms with Crippen LogP contribution in [0, 0.1) is 38.2 Å². The molecule has 522 valence electrons. The number of hydrogen-bond acceptors (Lipinski definition) is 13. The van der Waals surface area contributed by atoms with Crippen LogP contribution in [0.4, 0.5) is 30.4 Å². The molecule has 3 N–H and O–H groups in total. The minimum absolute atomic E-state index is 0.0229. The number of ether oxygens (including phenoxy) is 3. The number of aromatic nitrogens is 13. The third-order valence-corrected chi connectivity index (χ3v) is 19.8. The van der Waals surface area contributed by atoms with E-state index in [2.05, 4.69) is 69.5 Å². The maximum absolute atomic E-state index is 15.0. The van der Waals surface area contributed by atoms with Gasteiger partial charge in [-0.05, 0) is 175 Å². The molecule has 3 atom stereocenters. The van der Waals surface area contributed by atoms with E-state index in [0.717, 1.165) is 113 Å². The van der Waals surface area contributed by atoms with Gasteiger partial charge in [0, 0.05) is 66.7 Å². The maximum atomic E-state index is 15.0. The topological polar surface area (TPSA) is 235 Å². The molecule has 3 amide bonds. The zero-order valence-electron chi connectivity index (χ0n) is 57.4. The molecule has 6 aliphatic rings. The van der Waals surface area contributed by atoms with Crippen molar-refractivity contribution in [3.05, 3.63) is 228 Å². The van der Waals surface area contributed by atoms with Crippen LogP contribution in [0.5, 0.6) is 17.2 Å². The van der Waals surface area contributed by atoms with E-state index in [4.69, 9.17) is 14.2 Å². The van der Waals surface area contributed by atoms with Crippen LogP contribution in [0.25, 0.3) is 51.1 Å². The van der Waals surface area contributed by atoms with Gasteiger partial charge in [0.05, 0.1) is 116 Å². The highest BCUT2D eigenvalue weighted by Crippen LogP contribution is 2.45. The number of imidazole rings is 4. The molecule has 22 nitrogen and oxygen atoms in total. The van der Waals surface area contributed by atoms with E-state index in [-0.39, 0.29) is 40.6 Å². The van der Waals surface area contributed by atoms with Crippen LogP contribution in [0.1, 0.15) is 166 Å². The number of carbonyl (C=O) groups excluding carboxylic acids is 3. The number of rotatable bonds is 13. The number of amides is 3. The van der Waals surface area contributed by atoms with E-state index < -0.39 is 35.2 Å². The Balaban J connectivity index is 0.000000119. The Labute approximate surface area is 590 Å². The number of anilines is 3. The average molecular weight is 1390 g/mol. The summed E-state index contributed by atoms with van der Waals surface area (Å²) >= 11 is 0. The number of carbonyl (C=O) groups is 3. The summed E-state index contributed by atoms with van der Waals surface area (Å²) in [5, 5.41) is 16.8. The second-order valence-electron chi connectivity index (χ2n) is 27.3. The Hall–Kier alpha value is -11.9. The number of aryl methyl sites for hydroxylation is 3. The van der Waals surface area contributed by atoms with Crippen molar-refractivity contribution in [2.75, 3.05) is 35.8 Å². The van der Waals surface area contributed by atoms with E-state index in [9.17, 15) is 27.6 Å². The van der Waals surface area contributed by atoms with Gasteiger partial charge in [-0.2, -0.15) is 0 Å². The lowest BCUT2D eigenvalue weighted by Crippen LogP contribution is -2.17. The first-order chi connectivity index (χ1) is 50.0. The van der Waals surface area contributed by atoms with Gasteiger partial charge in [0.1, 0.15) is 49.4 Å². The van der Waals surface area contributed by atoms with Crippen LogP contribution in [-0.4, -0.2) is 100 Å². The molecule has 5 aromatic carbocycles. The first-order valence-electron chi connectivity index (χ1n) is 34.7. The number of pyridine rings is 1. The van der Waals surface area contributed by atoms with Crippen LogP contribution in [0.2, 0.25) is 0 Å². The van der Waals surface area contributed by atoms with Gasteiger partial charge in [0.25, 0.3) is 17.7 Å². The molecular weight excluding hydrogens is 1310 g/mol. The number of halogens is 3. The van der Waals surface area contributed by atoms with Crippen LogP contribution in [0.15, 0.2) is 160 Å². The van der Waals surface area contributed by atoms with Gasteiger partial charge in [-0.1, -0.05) is 19.1 Å². The molecule has 7 aromatic heterocycles. The van der Waals surface area contributed by atoms with E-state index in [0.29, 0.717) is 83.3 Å². The molecule has 3 aliphatic carbocycles. The fourth-order valence-corrected chi connectivity index (χ4v) is 13.6. The number of para-hydroxylation sites is 2. The molecular formula is C78H73F3N16O6. The molecule has 3 saturated carbocycles. The van der Waals surface area contributed by atoms with Gasteiger partial charge in [-0.3, -0.25) is 14.4 Å². The molecule has 12 aromatic rings. The molecule has 10 heterocycles. The monoisotopic (exact) mass is 1390 g/mol. The highest BCUT2D eigenvalue weighted by molar-refractivity contribution is 6.08. The largest absolute Gasteiger partial charge is 0.489 e. The summed E-state index contributed by atoms with van der Waals surface area (Å²) in [5.41, 5.74) is 11.6. The predicted octanol–water partition coefficient (Wildman–Crippen LogP) is 15.6. The molecule has 0 saturated heterocycles.